The van der Waals surface area contributed by atoms with Gasteiger partial charge in [-0.1, -0.05) is 0 Å². The zero-order chi connectivity index (χ0) is 11.1. The van der Waals surface area contributed by atoms with E-state index >= 15 is 0 Å². The second-order valence-electron chi connectivity index (χ2n) is 4.43. The van der Waals surface area contributed by atoms with Crippen LogP contribution in [0.25, 0.3) is 0 Å². The molecule has 5 heteroatoms. The molecule has 15 heavy (non-hydrogen) atoms. The lowest BCUT2D eigenvalue weighted by Crippen LogP contribution is -2.17. The Morgan fingerprint density at radius 1 is 1.53 bits per heavy atom. The molecule has 82 valence electrons. The van der Waals surface area contributed by atoms with Crippen LogP contribution in [0.2, 0.25) is 0 Å². The molecule has 2 rings (SSSR count). The average molecular weight is 209 g/mol. The fourth-order valence-electron chi connectivity index (χ4n) is 1.92. The van der Waals surface area contributed by atoms with Crippen LogP contribution in [-0.2, 0) is 11.3 Å². The van der Waals surface area contributed by atoms with E-state index in [1.807, 2.05) is 18.5 Å². The van der Waals surface area contributed by atoms with Gasteiger partial charge in [0.1, 0.15) is 11.6 Å². The molecule has 1 aromatic rings. The maximum Gasteiger partial charge on any atom is 0.303 e. The molecule has 1 aromatic heterocycles. The molecule has 0 radical (unpaired) electrons. The Labute approximate surface area is 88.1 Å². The van der Waals surface area contributed by atoms with Crippen molar-refractivity contribution < 1.29 is 9.90 Å². The number of hydrogen-bond donors (Lipinski definition) is 1. The number of carboxylic acid groups (broad SMARTS) is 1. The molecule has 0 atom stereocenters. The van der Waals surface area contributed by atoms with Crippen molar-refractivity contribution in [3.8, 4) is 0 Å². The van der Waals surface area contributed by atoms with Crippen LogP contribution in [0.3, 0.4) is 0 Å². The van der Waals surface area contributed by atoms with Gasteiger partial charge >= 0.3 is 5.97 Å². The molecule has 1 aliphatic carbocycles. The standard InChI is InChI=1S/C10H15N3O2/c1-7-11-8(2)13(12-7)6-10(3-4-10)5-9(14)15/h3-6H2,1-2H3,(H,14,15). The summed E-state index contributed by atoms with van der Waals surface area (Å²) in [5.41, 5.74) is -0.0588. The first-order chi connectivity index (χ1) is 7.01. The Hall–Kier alpha value is -1.39. The molecular weight excluding hydrogens is 194 g/mol. The zero-order valence-electron chi connectivity index (χ0n) is 9.03. The normalized spacial score (nSPS) is 17.7. The van der Waals surface area contributed by atoms with Crippen LogP contribution in [0.4, 0.5) is 0 Å². The first-order valence-electron chi connectivity index (χ1n) is 5.11. The molecule has 0 bridgehead atoms. The van der Waals surface area contributed by atoms with Gasteiger partial charge in [0.05, 0.1) is 6.42 Å². The summed E-state index contributed by atoms with van der Waals surface area (Å²) in [6.07, 6.45) is 2.21. The molecule has 1 N–H and O–H groups in total. The van der Waals surface area contributed by atoms with Crippen LogP contribution in [0, 0.1) is 19.3 Å². The van der Waals surface area contributed by atoms with Gasteiger partial charge in [0, 0.05) is 12.0 Å². The molecule has 1 aliphatic rings. The highest BCUT2D eigenvalue weighted by Crippen LogP contribution is 2.50. The number of aliphatic carboxylic acids is 1. The second kappa shape index (κ2) is 3.32. The van der Waals surface area contributed by atoms with Crippen molar-refractivity contribution in [3.05, 3.63) is 11.6 Å². The van der Waals surface area contributed by atoms with Crippen molar-refractivity contribution in [2.45, 2.75) is 39.7 Å². The molecule has 0 saturated heterocycles. The highest BCUT2D eigenvalue weighted by Gasteiger charge is 2.45. The Balaban J connectivity index is 2.08. The number of nitrogens with zero attached hydrogens (tertiary/aromatic N) is 3. The summed E-state index contributed by atoms with van der Waals surface area (Å²) >= 11 is 0. The van der Waals surface area contributed by atoms with E-state index in [1.165, 1.54) is 0 Å². The van der Waals surface area contributed by atoms with Gasteiger partial charge in [0.15, 0.2) is 0 Å². The monoisotopic (exact) mass is 209 g/mol. The Kier molecular flexibility index (Phi) is 2.25. The van der Waals surface area contributed by atoms with Crippen molar-refractivity contribution in [1.82, 2.24) is 14.8 Å². The van der Waals surface area contributed by atoms with Crippen LogP contribution in [-0.4, -0.2) is 25.8 Å². The van der Waals surface area contributed by atoms with Gasteiger partial charge in [-0.05, 0) is 26.7 Å². The lowest BCUT2D eigenvalue weighted by atomic mass is 10.0. The number of aromatic nitrogens is 3. The minimum absolute atomic E-state index is 0.0588. The van der Waals surface area contributed by atoms with Crippen LogP contribution in [0.5, 0.6) is 0 Å². The van der Waals surface area contributed by atoms with E-state index in [1.54, 1.807) is 0 Å². The van der Waals surface area contributed by atoms with Gasteiger partial charge in [0.2, 0.25) is 0 Å². The number of rotatable bonds is 4. The summed E-state index contributed by atoms with van der Waals surface area (Å²) in [4.78, 5) is 14.9. The van der Waals surface area contributed by atoms with E-state index in [2.05, 4.69) is 10.1 Å². The number of carbonyl (C=O) groups is 1. The average Bonchev–Trinajstić information content (AvgIpc) is 2.74. The second-order valence-corrected chi connectivity index (χ2v) is 4.43. The molecule has 1 fully saturated rings. The van der Waals surface area contributed by atoms with Gasteiger partial charge in [-0.3, -0.25) is 4.79 Å². The molecule has 5 nitrogen and oxygen atoms in total. The Morgan fingerprint density at radius 3 is 2.60 bits per heavy atom. The van der Waals surface area contributed by atoms with E-state index in [0.717, 1.165) is 24.5 Å². The molecular formula is C10H15N3O2. The smallest absolute Gasteiger partial charge is 0.303 e. The lowest BCUT2D eigenvalue weighted by molar-refractivity contribution is -0.138. The summed E-state index contributed by atoms with van der Waals surface area (Å²) in [7, 11) is 0. The third kappa shape index (κ3) is 2.16. The maximum atomic E-state index is 10.7. The zero-order valence-corrected chi connectivity index (χ0v) is 9.03. The predicted octanol–water partition coefficient (Wildman–Crippen LogP) is 1.15. The van der Waals surface area contributed by atoms with Crippen LogP contribution in [0.1, 0.15) is 30.9 Å². The fourth-order valence-corrected chi connectivity index (χ4v) is 1.92. The Morgan fingerprint density at radius 2 is 2.20 bits per heavy atom. The van der Waals surface area contributed by atoms with Crippen LogP contribution in [0.15, 0.2) is 0 Å². The van der Waals surface area contributed by atoms with E-state index in [0.29, 0.717) is 6.54 Å². The third-order valence-corrected chi connectivity index (χ3v) is 2.93. The SMILES string of the molecule is Cc1nc(C)n(CC2(CC(=O)O)CC2)n1. The highest BCUT2D eigenvalue weighted by molar-refractivity contribution is 5.68. The van der Waals surface area contributed by atoms with E-state index in [-0.39, 0.29) is 11.8 Å². The molecule has 0 aromatic carbocycles. The van der Waals surface area contributed by atoms with Crippen molar-refractivity contribution in [1.29, 1.82) is 0 Å². The first-order valence-corrected chi connectivity index (χ1v) is 5.11. The summed E-state index contributed by atoms with van der Waals surface area (Å²) in [6.45, 7) is 4.43. The summed E-state index contributed by atoms with van der Waals surface area (Å²) in [6, 6.07) is 0. The van der Waals surface area contributed by atoms with E-state index < -0.39 is 5.97 Å². The van der Waals surface area contributed by atoms with E-state index in [9.17, 15) is 4.79 Å². The molecule has 0 spiro atoms. The van der Waals surface area contributed by atoms with Gasteiger partial charge in [0.25, 0.3) is 0 Å². The first kappa shape index (κ1) is 10.1. The minimum Gasteiger partial charge on any atom is -0.481 e. The molecule has 0 aliphatic heterocycles. The Bertz CT molecular complexity index is 393. The van der Waals surface area contributed by atoms with Crippen LogP contribution >= 0.6 is 0 Å². The quantitative estimate of drug-likeness (QED) is 0.807. The van der Waals surface area contributed by atoms with Gasteiger partial charge in [-0.2, -0.15) is 5.10 Å². The molecule has 1 saturated carbocycles. The number of hydrogen-bond acceptors (Lipinski definition) is 3. The summed E-state index contributed by atoms with van der Waals surface area (Å²) in [5, 5.41) is 13.1. The van der Waals surface area contributed by atoms with Crippen molar-refractivity contribution in [2.75, 3.05) is 0 Å². The molecule has 1 heterocycles. The maximum absolute atomic E-state index is 10.7. The van der Waals surface area contributed by atoms with Gasteiger partial charge < -0.3 is 5.11 Å². The minimum atomic E-state index is -0.720. The highest BCUT2D eigenvalue weighted by atomic mass is 16.4. The molecule has 0 unspecified atom stereocenters. The topological polar surface area (TPSA) is 68.0 Å². The van der Waals surface area contributed by atoms with E-state index in [4.69, 9.17) is 5.11 Å². The summed E-state index contributed by atoms with van der Waals surface area (Å²) in [5.74, 6) is 0.893. The largest absolute Gasteiger partial charge is 0.481 e. The number of carboxylic acids is 1. The summed E-state index contributed by atoms with van der Waals surface area (Å²) < 4.78 is 1.82. The van der Waals surface area contributed by atoms with Crippen molar-refractivity contribution in [2.24, 2.45) is 5.41 Å². The van der Waals surface area contributed by atoms with Crippen molar-refractivity contribution in [3.63, 3.8) is 0 Å². The van der Waals surface area contributed by atoms with Crippen LogP contribution < -0.4 is 0 Å². The third-order valence-electron chi connectivity index (χ3n) is 2.93. The lowest BCUT2D eigenvalue weighted by Gasteiger charge is -2.12. The number of aryl methyl sites for hydroxylation is 2. The van der Waals surface area contributed by atoms with Gasteiger partial charge in [-0.15, -0.1) is 0 Å². The molecule has 0 amide bonds. The fraction of sp³-hybridized carbons (Fsp3) is 0.700. The predicted molar refractivity (Wildman–Crippen MR) is 53.4 cm³/mol. The van der Waals surface area contributed by atoms with Gasteiger partial charge in [-0.25, -0.2) is 9.67 Å². The van der Waals surface area contributed by atoms with Crippen molar-refractivity contribution >= 4 is 5.97 Å².